The second-order valence-electron chi connectivity index (χ2n) is 5.62. The van der Waals surface area contributed by atoms with Crippen LogP contribution in [0.4, 0.5) is 0 Å². The molecular formula is C18H22ClIN4O. The minimum Gasteiger partial charge on any atom is -0.488 e. The summed E-state index contributed by atoms with van der Waals surface area (Å²) in [5.74, 6) is 1.76. The highest BCUT2D eigenvalue weighted by molar-refractivity contribution is 14.0. The van der Waals surface area contributed by atoms with E-state index < -0.39 is 0 Å². The number of pyridine rings is 1. The number of guanidine groups is 1. The summed E-state index contributed by atoms with van der Waals surface area (Å²) in [6.07, 6.45) is 2.79. The van der Waals surface area contributed by atoms with E-state index in [0.717, 1.165) is 30.2 Å². The number of ether oxygens (including phenoxy) is 1. The first-order valence-corrected chi connectivity index (χ1v) is 8.49. The second kappa shape index (κ2) is 9.82. The van der Waals surface area contributed by atoms with Crippen LogP contribution < -0.4 is 15.4 Å². The lowest BCUT2D eigenvalue weighted by Crippen LogP contribution is -2.42. The number of hydrogen-bond acceptors (Lipinski definition) is 3. The topological polar surface area (TPSA) is 58.5 Å². The predicted molar refractivity (Wildman–Crippen MR) is 112 cm³/mol. The molecule has 1 atom stereocenters. The van der Waals surface area contributed by atoms with Crippen molar-refractivity contribution in [2.45, 2.75) is 26.0 Å². The molecule has 1 aliphatic rings. The van der Waals surface area contributed by atoms with Crippen molar-refractivity contribution in [3.05, 3.63) is 58.9 Å². The molecule has 0 aliphatic carbocycles. The summed E-state index contributed by atoms with van der Waals surface area (Å²) in [5, 5.41) is 7.08. The van der Waals surface area contributed by atoms with Gasteiger partial charge in [0, 0.05) is 19.2 Å². The van der Waals surface area contributed by atoms with Crippen molar-refractivity contribution >= 4 is 41.5 Å². The molecule has 0 bridgehead atoms. The fraction of sp³-hybridized carbons (Fsp3) is 0.333. The molecule has 1 aliphatic heterocycles. The molecule has 0 fully saturated rings. The van der Waals surface area contributed by atoms with E-state index in [0.29, 0.717) is 18.2 Å². The molecule has 25 heavy (non-hydrogen) atoms. The van der Waals surface area contributed by atoms with Gasteiger partial charge in [-0.15, -0.1) is 24.0 Å². The zero-order valence-corrected chi connectivity index (χ0v) is 17.1. The Bertz CT molecular complexity index is 683. The van der Waals surface area contributed by atoms with Gasteiger partial charge in [0.1, 0.15) is 17.0 Å². The van der Waals surface area contributed by atoms with Gasteiger partial charge < -0.3 is 15.4 Å². The third-order valence-electron chi connectivity index (χ3n) is 3.76. The van der Waals surface area contributed by atoms with Gasteiger partial charge in [-0.05, 0) is 30.2 Å². The van der Waals surface area contributed by atoms with Crippen molar-refractivity contribution in [3.8, 4) is 5.75 Å². The van der Waals surface area contributed by atoms with Crippen LogP contribution in [0.25, 0.3) is 0 Å². The normalized spacial score (nSPS) is 15.8. The van der Waals surface area contributed by atoms with Crippen molar-refractivity contribution in [1.82, 2.24) is 15.6 Å². The van der Waals surface area contributed by atoms with Crippen LogP contribution in [0.2, 0.25) is 5.15 Å². The molecule has 1 unspecified atom stereocenters. The molecule has 0 saturated heterocycles. The smallest absolute Gasteiger partial charge is 0.191 e. The lowest BCUT2D eigenvalue weighted by molar-refractivity contribution is 0.235. The van der Waals surface area contributed by atoms with Crippen molar-refractivity contribution in [1.29, 1.82) is 0 Å². The maximum absolute atomic E-state index is 5.94. The summed E-state index contributed by atoms with van der Waals surface area (Å²) < 4.78 is 5.94. The molecular weight excluding hydrogens is 451 g/mol. The summed E-state index contributed by atoms with van der Waals surface area (Å²) in [6.45, 7) is 4.10. The Balaban J connectivity index is 0.00000225. The van der Waals surface area contributed by atoms with E-state index in [1.54, 1.807) is 12.3 Å². The molecule has 1 aromatic heterocycles. The largest absolute Gasteiger partial charge is 0.488 e. The van der Waals surface area contributed by atoms with Crippen molar-refractivity contribution in [2.24, 2.45) is 4.99 Å². The Morgan fingerprint density at radius 2 is 2.12 bits per heavy atom. The minimum atomic E-state index is 0. The Labute approximate surface area is 170 Å². The monoisotopic (exact) mass is 472 g/mol. The van der Waals surface area contributed by atoms with Crippen LogP contribution in [0, 0.1) is 0 Å². The lowest BCUT2D eigenvalue weighted by atomic mass is 10.1. The highest BCUT2D eigenvalue weighted by atomic mass is 127. The molecule has 3 rings (SSSR count). The number of rotatable bonds is 5. The summed E-state index contributed by atoms with van der Waals surface area (Å²) >= 11 is 5.80. The third kappa shape index (κ3) is 5.74. The fourth-order valence-corrected chi connectivity index (χ4v) is 2.70. The van der Waals surface area contributed by atoms with Crippen molar-refractivity contribution in [2.75, 3.05) is 13.1 Å². The number of aromatic nitrogens is 1. The molecule has 0 spiro atoms. The highest BCUT2D eigenvalue weighted by Crippen LogP contribution is 2.27. The molecule has 134 valence electrons. The number of nitrogens with zero attached hydrogens (tertiary/aromatic N) is 2. The predicted octanol–water partition coefficient (Wildman–Crippen LogP) is 3.41. The molecule has 1 aromatic carbocycles. The van der Waals surface area contributed by atoms with Crippen LogP contribution in [-0.2, 0) is 13.0 Å². The van der Waals surface area contributed by atoms with Crippen molar-refractivity contribution < 1.29 is 4.74 Å². The van der Waals surface area contributed by atoms with Crippen LogP contribution in [-0.4, -0.2) is 30.1 Å². The fourth-order valence-electron chi connectivity index (χ4n) is 2.59. The first kappa shape index (κ1) is 19.8. The minimum absolute atomic E-state index is 0. The maximum atomic E-state index is 5.94. The summed E-state index contributed by atoms with van der Waals surface area (Å²) in [4.78, 5) is 8.65. The van der Waals surface area contributed by atoms with E-state index >= 15 is 0 Å². The summed E-state index contributed by atoms with van der Waals surface area (Å²) in [5.41, 5.74) is 2.28. The number of hydrogen-bond donors (Lipinski definition) is 2. The van der Waals surface area contributed by atoms with Crippen LogP contribution in [0.5, 0.6) is 5.75 Å². The van der Waals surface area contributed by atoms with Gasteiger partial charge in [-0.2, -0.15) is 0 Å². The number of para-hydroxylation sites is 1. The van der Waals surface area contributed by atoms with Gasteiger partial charge in [-0.3, -0.25) is 0 Å². The van der Waals surface area contributed by atoms with E-state index in [-0.39, 0.29) is 30.1 Å². The Hall–Kier alpha value is -1.54. The van der Waals surface area contributed by atoms with Gasteiger partial charge in [0.25, 0.3) is 0 Å². The number of nitrogens with one attached hydrogen (secondary N) is 2. The zero-order chi connectivity index (χ0) is 16.8. The zero-order valence-electron chi connectivity index (χ0n) is 14.0. The van der Waals surface area contributed by atoms with Gasteiger partial charge in [-0.1, -0.05) is 35.9 Å². The highest BCUT2D eigenvalue weighted by Gasteiger charge is 2.22. The van der Waals surface area contributed by atoms with E-state index in [1.807, 2.05) is 31.2 Å². The van der Waals surface area contributed by atoms with Crippen LogP contribution in [0.15, 0.2) is 47.6 Å². The number of benzene rings is 1. The van der Waals surface area contributed by atoms with E-state index in [1.165, 1.54) is 5.56 Å². The average Bonchev–Trinajstić information content (AvgIpc) is 3.02. The molecule has 2 N–H and O–H groups in total. The van der Waals surface area contributed by atoms with E-state index in [9.17, 15) is 0 Å². The SMILES string of the molecule is CCNC(=NCc1ccc(Cl)nc1)NCC1Cc2ccccc2O1.I. The Morgan fingerprint density at radius 1 is 1.28 bits per heavy atom. The summed E-state index contributed by atoms with van der Waals surface area (Å²) in [6, 6.07) is 11.9. The van der Waals surface area contributed by atoms with E-state index in [2.05, 4.69) is 26.7 Å². The third-order valence-corrected chi connectivity index (χ3v) is 3.99. The molecule has 5 nitrogen and oxygen atoms in total. The standard InChI is InChI=1S/C18H21ClN4O.HI/c1-2-20-18(22-11-13-7-8-17(19)21-10-13)23-12-15-9-14-5-3-4-6-16(14)24-15;/h3-8,10,15H,2,9,11-12H2,1H3,(H2,20,22,23);1H. The van der Waals surface area contributed by atoms with Crippen LogP contribution in [0.3, 0.4) is 0 Å². The van der Waals surface area contributed by atoms with Gasteiger partial charge >= 0.3 is 0 Å². The van der Waals surface area contributed by atoms with Crippen LogP contribution in [0.1, 0.15) is 18.1 Å². The Morgan fingerprint density at radius 3 is 2.84 bits per heavy atom. The molecule has 2 aromatic rings. The average molecular weight is 473 g/mol. The molecule has 7 heteroatoms. The van der Waals surface area contributed by atoms with Crippen molar-refractivity contribution in [3.63, 3.8) is 0 Å². The number of aliphatic imine (C=N–C) groups is 1. The first-order chi connectivity index (χ1) is 11.7. The van der Waals surface area contributed by atoms with Gasteiger partial charge in [0.15, 0.2) is 5.96 Å². The summed E-state index contributed by atoms with van der Waals surface area (Å²) in [7, 11) is 0. The second-order valence-corrected chi connectivity index (χ2v) is 6.00. The molecule has 2 heterocycles. The van der Waals surface area contributed by atoms with E-state index in [4.69, 9.17) is 16.3 Å². The Kier molecular flexibility index (Phi) is 7.77. The number of fused-ring (bicyclic) bond motifs is 1. The first-order valence-electron chi connectivity index (χ1n) is 8.11. The van der Waals surface area contributed by atoms with Crippen LogP contribution >= 0.6 is 35.6 Å². The van der Waals surface area contributed by atoms with Gasteiger partial charge in [-0.25, -0.2) is 9.98 Å². The molecule has 0 saturated carbocycles. The molecule has 0 radical (unpaired) electrons. The van der Waals surface area contributed by atoms with Gasteiger partial charge in [0.2, 0.25) is 0 Å². The lowest BCUT2D eigenvalue weighted by Gasteiger charge is -2.15. The number of halogens is 2. The maximum Gasteiger partial charge on any atom is 0.191 e. The molecule has 0 amide bonds. The van der Waals surface area contributed by atoms with Gasteiger partial charge in [0.05, 0.1) is 13.1 Å². The quantitative estimate of drug-likeness (QED) is 0.303.